The fourth-order valence-electron chi connectivity index (χ4n) is 2.71. The van der Waals surface area contributed by atoms with Gasteiger partial charge in [0.1, 0.15) is 19.0 Å². The average Bonchev–Trinajstić information content (AvgIpc) is 2.94. The topological polar surface area (TPSA) is 135 Å². The number of nitro benzene ring substituents is 1. The Kier molecular flexibility index (Phi) is 24.2. The Morgan fingerprint density at radius 2 is 0.846 bits per heavy atom. The highest BCUT2D eigenvalue weighted by Crippen LogP contribution is 2.17. The lowest BCUT2D eigenvalue weighted by Crippen LogP contribution is -2.15. The van der Waals surface area contributed by atoms with Gasteiger partial charge in [-0.05, 0) is 12.1 Å². The molecule has 0 aliphatic heterocycles. The summed E-state index contributed by atoms with van der Waals surface area (Å²) in [7, 11) is 0. The van der Waals surface area contributed by atoms with Gasteiger partial charge in [-0.2, -0.15) is 0 Å². The highest BCUT2D eigenvalue weighted by Gasteiger charge is 2.04. The van der Waals surface area contributed by atoms with Crippen LogP contribution in [0, 0.1) is 10.1 Å². The molecule has 1 aromatic carbocycles. The molecule has 0 atom stereocenters. The van der Waals surface area contributed by atoms with E-state index in [4.69, 9.17) is 47.4 Å². The number of nitro groups is 1. The number of nitrogens with zero attached hydrogens (tertiary/aromatic N) is 1. The third-order valence-corrected chi connectivity index (χ3v) is 4.61. The minimum atomic E-state index is -0.452. The van der Waals surface area contributed by atoms with Crippen LogP contribution in [0.25, 0.3) is 0 Å². The van der Waals surface area contributed by atoms with E-state index in [2.05, 4.69) is 6.58 Å². The third kappa shape index (κ3) is 23.3. The Bertz CT molecular complexity index is 692. The van der Waals surface area contributed by atoms with Crippen molar-refractivity contribution < 1.29 is 52.3 Å². The Morgan fingerprint density at radius 3 is 1.15 bits per heavy atom. The SMILES string of the molecule is C=COCCOCCOCCOCCOCCOCCOCCOCCOCCOc1ccc([N+](=O)[O-])cc1. The van der Waals surface area contributed by atoms with Crippen molar-refractivity contribution in [2.75, 3.05) is 119 Å². The average molecular weight is 562 g/mol. The standard InChI is InChI=1S/C26H43NO12/c1-2-30-7-8-31-9-10-32-11-12-33-13-14-34-15-16-35-17-18-36-19-20-37-21-22-38-23-24-39-26-5-3-25(4-6-26)27(28)29/h2-6H,1,7-24H2. The second-order valence-electron chi connectivity index (χ2n) is 7.54. The van der Waals surface area contributed by atoms with E-state index >= 15 is 0 Å². The van der Waals surface area contributed by atoms with Crippen molar-refractivity contribution in [3.8, 4) is 5.75 Å². The molecule has 0 N–H and O–H groups in total. The van der Waals surface area contributed by atoms with E-state index < -0.39 is 4.92 Å². The first-order valence-corrected chi connectivity index (χ1v) is 13.0. The molecule has 0 fully saturated rings. The zero-order valence-electron chi connectivity index (χ0n) is 22.7. The number of benzene rings is 1. The maximum absolute atomic E-state index is 10.6. The summed E-state index contributed by atoms with van der Waals surface area (Å²) in [5, 5.41) is 10.6. The highest BCUT2D eigenvalue weighted by atomic mass is 16.6. The molecule has 0 saturated carbocycles. The molecule has 0 aliphatic rings. The van der Waals surface area contributed by atoms with E-state index in [1.54, 1.807) is 12.1 Å². The second-order valence-corrected chi connectivity index (χ2v) is 7.54. The van der Waals surface area contributed by atoms with Crippen LogP contribution in [0.3, 0.4) is 0 Å². The maximum atomic E-state index is 10.6. The summed E-state index contributed by atoms with van der Waals surface area (Å²) in [4.78, 5) is 10.2. The van der Waals surface area contributed by atoms with E-state index in [0.717, 1.165) is 0 Å². The summed E-state index contributed by atoms with van der Waals surface area (Å²) < 4.78 is 53.6. The normalized spacial score (nSPS) is 11.0. The van der Waals surface area contributed by atoms with Crippen molar-refractivity contribution in [3.05, 3.63) is 47.2 Å². The first kappa shape index (κ1) is 34.7. The molecule has 39 heavy (non-hydrogen) atoms. The molecule has 0 heterocycles. The van der Waals surface area contributed by atoms with Crippen molar-refractivity contribution in [1.82, 2.24) is 0 Å². The van der Waals surface area contributed by atoms with Gasteiger partial charge in [0, 0.05) is 12.1 Å². The van der Waals surface area contributed by atoms with Gasteiger partial charge in [0.2, 0.25) is 0 Å². The molecule has 13 nitrogen and oxygen atoms in total. The fourth-order valence-corrected chi connectivity index (χ4v) is 2.71. The largest absolute Gasteiger partial charge is 0.499 e. The molecule has 0 radical (unpaired) electrons. The van der Waals surface area contributed by atoms with E-state index in [9.17, 15) is 10.1 Å². The number of rotatable bonds is 30. The van der Waals surface area contributed by atoms with Crippen LogP contribution in [0.2, 0.25) is 0 Å². The van der Waals surface area contributed by atoms with E-state index in [1.807, 2.05) is 0 Å². The zero-order valence-corrected chi connectivity index (χ0v) is 22.7. The summed E-state index contributed by atoms with van der Waals surface area (Å²) in [5.74, 6) is 0.557. The number of hydrogen-bond donors (Lipinski definition) is 0. The molecule has 1 rings (SSSR count). The predicted octanol–water partition coefficient (Wildman–Crippen LogP) is 2.27. The minimum absolute atomic E-state index is 0.0267. The summed E-state index contributed by atoms with van der Waals surface area (Å²) in [5.41, 5.74) is 0.0267. The van der Waals surface area contributed by atoms with Crippen molar-refractivity contribution in [2.45, 2.75) is 0 Å². The Hall–Kier alpha value is -2.36. The summed E-state index contributed by atoms with van der Waals surface area (Å²) >= 11 is 0. The molecule has 13 heteroatoms. The number of ether oxygens (including phenoxy) is 10. The summed E-state index contributed by atoms with van der Waals surface area (Å²) in [6, 6.07) is 5.91. The molecule has 0 amide bonds. The van der Waals surface area contributed by atoms with Crippen molar-refractivity contribution in [2.24, 2.45) is 0 Å². The first-order valence-electron chi connectivity index (χ1n) is 13.0. The van der Waals surface area contributed by atoms with Gasteiger partial charge in [0.25, 0.3) is 5.69 Å². The molecule has 0 bridgehead atoms. The summed E-state index contributed by atoms with van der Waals surface area (Å²) in [6.07, 6.45) is 1.39. The molecule has 0 aromatic heterocycles. The van der Waals surface area contributed by atoms with Crippen LogP contribution in [0.15, 0.2) is 37.1 Å². The van der Waals surface area contributed by atoms with Crippen molar-refractivity contribution >= 4 is 5.69 Å². The van der Waals surface area contributed by atoms with Gasteiger partial charge in [0.15, 0.2) is 0 Å². The smallest absolute Gasteiger partial charge is 0.269 e. The first-order chi connectivity index (χ1) is 19.2. The van der Waals surface area contributed by atoms with Crippen LogP contribution < -0.4 is 4.74 Å². The molecule has 0 spiro atoms. The minimum Gasteiger partial charge on any atom is -0.499 e. The molecule has 0 aliphatic carbocycles. The van der Waals surface area contributed by atoms with Gasteiger partial charge in [-0.1, -0.05) is 6.58 Å². The van der Waals surface area contributed by atoms with Crippen LogP contribution in [-0.2, 0) is 42.6 Å². The fraction of sp³-hybridized carbons (Fsp3) is 0.692. The van der Waals surface area contributed by atoms with Gasteiger partial charge in [-0.25, -0.2) is 0 Å². The lowest BCUT2D eigenvalue weighted by atomic mass is 10.3. The van der Waals surface area contributed by atoms with E-state index in [0.29, 0.717) is 125 Å². The van der Waals surface area contributed by atoms with Crippen LogP contribution in [0.1, 0.15) is 0 Å². The predicted molar refractivity (Wildman–Crippen MR) is 141 cm³/mol. The Morgan fingerprint density at radius 1 is 0.538 bits per heavy atom. The van der Waals surface area contributed by atoms with E-state index in [-0.39, 0.29) is 5.69 Å². The van der Waals surface area contributed by atoms with Crippen molar-refractivity contribution in [3.63, 3.8) is 0 Å². The van der Waals surface area contributed by atoms with Crippen LogP contribution in [0.4, 0.5) is 5.69 Å². The van der Waals surface area contributed by atoms with Gasteiger partial charge < -0.3 is 47.4 Å². The Balaban J connectivity index is 1.68. The van der Waals surface area contributed by atoms with Crippen LogP contribution in [0.5, 0.6) is 5.75 Å². The van der Waals surface area contributed by atoms with Gasteiger partial charge in [-0.15, -0.1) is 0 Å². The molecule has 0 saturated heterocycles. The number of hydrogen-bond acceptors (Lipinski definition) is 12. The second kappa shape index (κ2) is 27.2. The molecular weight excluding hydrogens is 518 g/mol. The lowest BCUT2D eigenvalue weighted by molar-refractivity contribution is -0.384. The lowest BCUT2D eigenvalue weighted by Gasteiger charge is -2.09. The zero-order chi connectivity index (χ0) is 28.1. The molecular formula is C26H43NO12. The van der Waals surface area contributed by atoms with Gasteiger partial charge >= 0.3 is 0 Å². The molecule has 0 unspecified atom stereocenters. The summed E-state index contributed by atoms with van der Waals surface area (Å²) in [6.45, 7) is 12.1. The van der Waals surface area contributed by atoms with Crippen molar-refractivity contribution in [1.29, 1.82) is 0 Å². The third-order valence-electron chi connectivity index (χ3n) is 4.61. The number of non-ortho nitro benzene ring substituents is 1. The van der Waals surface area contributed by atoms with Gasteiger partial charge in [0.05, 0.1) is 117 Å². The molecule has 224 valence electrons. The highest BCUT2D eigenvalue weighted by molar-refractivity contribution is 5.35. The van der Waals surface area contributed by atoms with E-state index in [1.165, 1.54) is 18.4 Å². The Labute approximate surface area is 230 Å². The van der Waals surface area contributed by atoms with Crippen LogP contribution >= 0.6 is 0 Å². The monoisotopic (exact) mass is 561 g/mol. The maximum Gasteiger partial charge on any atom is 0.269 e. The van der Waals surface area contributed by atoms with Gasteiger partial charge in [-0.3, -0.25) is 10.1 Å². The molecule has 1 aromatic rings. The quantitative estimate of drug-likeness (QED) is 0.0590. The van der Waals surface area contributed by atoms with Crippen LogP contribution in [-0.4, -0.2) is 124 Å².